The SMILES string of the molecule is Cc1cnc2c(c1)S(=O)(=O)N(Cc1cc(C(c3ccn4c(C(F)(F)F)nnc4c3C)C(C)(C)C(=O)O)ccc1C)CC1(CCN(C(=O)OC(C)(C)C)CC1)O2. The number of likely N-dealkylation sites (tertiary alicyclic amines) is 1. The summed E-state index contributed by atoms with van der Waals surface area (Å²) in [5.41, 5.74) is -0.109. The minimum absolute atomic E-state index is 0.0272. The summed E-state index contributed by atoms with van der Waals surface area (Å²) in [6.45, 7) is 13.9. The molecule has 1 fully saturated rings. The first-order valence-corrected chi connectivity index (χ1v) is 19.3. The molecule has 1 spiro atoms. The van der Waals surface area contributed by atoms with E-state index in [2.05, 4.69) is 15.2 Å². The lowest BCUT2D eigenvalue weighted by Crippen LogP contribution is -2.55. The standard InChI is InChI=1S/C38H45F3N6O7S/c1-22-17-28-31(42-19-22)53-37(12-15-45(16-13-37)34(50)54-35(4,5)6)21-46(55(28,51)52)20-26-18-25(10-9-23(26)2)29(36(7,8)33(48)49)27-11-14-47-30(24(27)3)43-44-32(47)38(39,40)41/h9-11,14,17-19,29H,12-13,15-16,20-21H2,1-8H3,(H,48,49). The van der Waals surface area contributed by atoms with Crippen molar-refractivity contribution < 1.29 is 45.8 Å². The third kappa shape index (κ3) is 7.60. The molecule has 1 unspecified atom stereocenters. The summed E-state index contributed by atoms with van der Waals surface area (Å²) in [4.78, 5) is 31.6. The number of sulfonamides is 1. The largest absolute Gasteiger partial charge is 0.481 e. The zero-order valence-electron chi connectivity index (χ0n) is 32.0. The lowest BCUT2D eigenvalue weighted by atomic mass is 9.70. The highest BCUT2D eigenvalue weighted by atomic mass is 32.2. The number of carbonyl (C=O) groups excluding carboxylic acids is 1. The Balaban J connectivity index is 1.41. The monoisotopic (exact) mass is 786 g/mol. The second-order valence-electron chi connectivity index (χ2n) is 16.1. The summed E-state index contributed by atoms with van der Waals surface area (Å²) in [5.74, 6) is -3.28. The molecular formula is C38H45F3N6O7S. The van der Waals surface area contributed by atoms with Gasteiger partial charge in [-0.2, -0.15) is 17.5 Å². The van der Waals surface area contributed by atoms with E-state index in [-0.39, 0.29) is 42.6 Å². The Kier molecular flexibility index (Phi) is 9.98. The van der Waals surface area contributed by atoms with Gasteiger partial charge in [-0.3, -0.25) is 9.20 Å². The van der Waals surface area contributed by atoms with Gasteiger partial charge in [-0.1, -0.05) is 18.2 Å². The summed E-state index contributed by atoms with van der Waals surface area (Å²) in [6.07, 6.45) is -1.93. The maximum atomic E-state index is 14.5. The van der Waals surface area contributed by atoms with Crippen LogP contribution in [-0.2, 0) is 32.3 Å². The van der Waals surface area contributed by atoms with E-state index in [4.69, 9.17) is 9.47 Å². The van der Waals surface area contributed by atoms with Crippen LogP contribution >= 0.6 is 0 Å². The van der Waals surface area contributed by atoms with Gasteiger partial charge >= 0.3 is 18.2 Å². The average Bonchev–Trinajstić information content (AvgIpc) is 3.50. The van der Waals surface area contributed by atoms with Gasteiger partial charge in [0.25, 0.3) is 0 Å². The molecule has 0 radical (unpaired) electrons. The number of aryl methyl sites for hydroxylation is 3. The van der Waals surface area contributed by atoms with Crippen LogP contribution in [0.15, 0.2) is 47.6 Å². The first kappa shape index (κ1) is 39.9. The van der Waals surface area contributed by atoms with Gasteiger partial charge in [0.1, 0.15) is 16.1 Å². The number of benzene rings is 1. The second-order valence-corrected chi connectivity index (χ2v) is 18.0. The molecule has 0 aliphatic carbocycles. The summed E-state index contributed by atoms with van der Waals surface area (Å²) in [6, 6.07) is 8.25. The number of rotatable bonds is 6. The minimum Gasteiger partial charge on any atom is -0.481 e. The third-order valence-electron chi connectivity index (χ3n) is 10.4. The molecule has 1 N–H and O–H groups in total. The van der Waals surface area contributed by atoms with Crippen molar-refractivity contribution in [1.29, 1.82) is 0 Å². The van der Waals surface area contributed by atoms with Gasteiger partial charge < -0.3 is 19.5 Å². The van der Waals surface area contributed by atoms with Crippen LogP contribution in [0, 0.1) is 26.2 Å². The Morgan fingerprint density at radius 1 is 1.02 bits per heavy atom. The Bertz CT molecular complexity index is 2280. The van der Waals surface area contributed by atoms with Crippen molar-refractivity contribution in [1.82, 2.24) is 28.8 Å². The predicted octanol–water partition coefficient (Wildman–Crippen LogP) is 6.66. The van der Waals surface area contributed by atoms with E-state index in [1.54, 1.807) is 57.7 Å². The number of pyridine rings is 2. The molecule has 0 bridgehead atoms. The molecule has 13 nitrogen and oxygen atoms in total. The van der Waals surface area contributed by atoms with Crippen LogP contribution in [0.3, 0.4) is 0 Å². The predicted molar refractivity (Wildman–Crippen MR) is 194 cm³/mol. The smallest absolute Gasteiger partial charge is 0.452 e. The molecule has 1 amide bonds. The quantitative estimate of drug-likeness (QED) is 0.224. The van der Waals surface area contributed by atoms with Crippen LogP contribution < -0.4 is 4.74 Å². The number of nitrogens with zero attached hydrogens (tertiary/aromatic N) is 6. The number of carboxylic acids is 1. The number of halogens is 3. The van der Waals surface area contributed by atoms with Crippen LogP contribution in [0.5, 0.6) is 5.88 Å². The zero-order chi connectivity index (χ0) is 40.5. The molecule has 3 aromatic heterocycles. The fourth-order valence-electron chi connectivity index (χ4n) is 7.34. The molecule has 2 aliphatic heterocycles. The highest BCUT2D eigenvalue weighted by molar-refractivity contribution is 7.89. The van der Waals surface area contributed by atoms with Crippen molar-refractivity contribution in [3.05, 3.63) is 81.9 Å². The van der Waals surface area contributed by atoms with Gasteiger partial charge in [0.15, 0.2) is 5.65 Å². The van der Waals surface area contributed by atoms with Gasteiger partial charge in [0.05, 0.1) is 12.0 Å². The van der Waals surface area contributed by atoms with Crippen molar-refractivity contribution in [2.45, 2.75) is 103 Å². The fourth-order valence-corrected chi connectivity index (χ4v) is 8.98. The maximum Gasteiger partial charge on any atom is 0.452 e. The van der Waals surface area contributed by atoms with Crippen LogP contribution in [0.1, 0.15) is 92.6 Å². The summed E-state index contributed by atoms with van der Waals surface area (Å²) < 4.78 is 84.4. The Labute approximate surface area is 317 Å². The lowest BCUT2D eigenvalue weighted by Gasteiger charge is -2.42. The number of alkyl halides is 3. The van der Waals surface area contributed by atoms with Gasteiger partial charge in [-0.25, -0.2) is 18.2 Å². The van der Waals surface area contributed by atoms with E-state index < -0.39 is 56.6 Å². The number of piperidine rings is 1. The summed E-state index contributed by atoms with van der Waals surface area (Å²) in [7, 11) is -4.22. The highest BCUT2D eigenvalue weighted by Gasteiger charge is 2.48. The number of aliphatic carboxylic acids is 1. The van der Waals surface area contributed by atoms with Crippen molar-refractivity contribution in [2.24, 2.45) is 5.41 Å². The average molecular weight is 787 g/mol. The first-order valence-electron chi connectivity index (χ1n) is 17.8. The second kappa shape index (κ2) is 13.8. The molecule has 1 saturated heterocycles. The Hall–Kier alpha value is -4.77. The van der Waals surface area contributed by atoms with E-state index in [0.29, 0.717) is 40.7 Å². The number of hydrogen-bond acceptors (Lipinski definition) is 9. The molecule has 4 aromatic rings. The van der Waals surface area contributed by atoms with Crippen LogP contribution in [-0.4, -0.2) is 85.2 Å². The topological polar surface area (TPSA) is 157 Å². The Morgan fingerprint density at radius 2 is 1.69 bits per heavy atom. The first-order chi connectivity index (χ1) is 25.4. The highest BCUT2D eigenvalue weighted by Crippen LogP contribution is 2.45. The number of hydrogen-bond donors (Lipinski definition) is 1. The number of fused-ring (bicyclic) bond motifs is 2. The van der Waals surface area contributed by atoms with E-state index >= 15 is 0 Å². The molecule has 55 heavy (non-hydrogen) atoms. The van der Waals surface area contributed by atoms with Crippen molar-refractivity contribution >= 4 is 27.7 Å². The van der Waals surface area contributed by atoms with Crippen LogP contribution in [0.25, 0.3) is 5.65 Å². The normalized spacial score (nSPS) is 18.1. The molecule has 1 aromatic carbocycles. The van der Waals surface area contributed by atoms with Crippen molar-refractivity contribution in [3.8, 4) is 5.88 Å². The van der Waals surface area contributed by atoms with Crippen molar-refractivity contribution in [3.63, 3.8) is 0 Å². The van der Waals surface area contributed by atoms with Crippen LogP contribution in [0.2, 0.25) is 0 Å². The maximum absolute atomic E-state index is 14.5. The summed E-state index contributed by atoms with van der Waals surface area (Å²) in [5, 5.41) is 17.6. The molecule has 296 valence electrons. The van der Waals surface area contributed by atoms with Gasteiger partial charge in [-0.15, -0.1) is 10.2 Å². The number of ether oxygens (including phenoxy) is 2. The van der Waals surface area contributed by atoms with Gasteiger partial charge in [0, 0.05) is 50.8 Å². The lowest BCUT2D eigenvalue weighted by molar-refractivity contribution is -0.147. The number of aromatic nitrogens is 4. The molecule has 1 atom stereocenters. The fraction of sp³-hybridized carbons (Fsp3) is 0.500. The molecule has 2 aliphatic rings. The third-order valence-corrected chi connectivity index (χ3v) is 12.2. The number of carboxylic acid groups (broad SMARTS) is 1. The van der Waals surface area contributed by atoms with Crippen LogP contribution in [0.4, 0.5) is 18.0 Å². The molecule has 6 rings (SSSR count). The number of amides is 1. The Morgan fingerprint density at radius 3 is 2.31 bits per heavy atom. The molecule has 5 heterocycles. The number of carbonyl (C=O) groups is 2. The van der Waals surface area contributed by atoms with Gasteiger partial charge in [0.2, 0.25) is 21.7 Å². The van der Waals surface area contributed by atoms with Crippen molar-refractivity contribution in [2.75, 3.05) is 19.6 Å². The molecule has 0 saturated carbocycles. The van der Waals surface area contributed by atoms with E-state index in [9.17, 15) is 36.3 Å². The minimum atomic E-state index is -4.76. The summed E-state index contributed by atoms with van der Waals surface area (Å²) >= 11 is 0. The van der Waals surface area contributed by atoms with E-state index in [1.807, 2.05) is 6.92 Å². The van der Waals surface area contributed by atoms with E-state index in [1.165, 1.54) is 42.7 Å². The van der Waals surface area contributed by atoms with Gasteiger partial charge in [-0.05, 0) is 101 Å². The zero-order valence-corrected chi connectivity index (χ0v) is 32.8. The van der Waals surface area contributed by atoms with E-state index in [0.717, 1.165) is 9.96 Å². The molecule has 17 heteroatoms. The molecular weight excluding hydrogens is 742 g/mol.